The number of aryl methyl sites for hydroxylation is 1. The molecule has 1 saturated heterocycles. The fraction of sp³-hybridized carbons (Fsp3) is 0.381. The minimum Gasteiger partial charge on any atom is -0.496 e. The second kappa shape index (κ2) is 8.51. The molecule has 8 heteroatoms. The number of amides is 1. The number of hydrogen-bond donors (Lipinski definition) is 0. The summed E-state index contributed by atoms with van der Waals surface area (Å²) in [5.74, 6) is -0.383. The van der Waals surface area contributed by atoms with Gasteiger partial charge in [-0.2, -0.15) is 4.31 Å². The lowest BCUT2D eigenvalue weighted by molar-refractivity contribution is -0.123. The molecule has 1 heterocycles. The lowest BCUT2D eigenvalue weighted by atomic mass is 9.98. The largest absolute Gasteiger partial charge is 0.496 e. The number of sulfonamides is 1. The average molecular weight is 421 g/mol. The number of rotatable bonds is 5. The predicted octanol–water partition coefficient (Wildman–Crippen LogP) is 3.21. The number of carbonyl (C=O) groups is 1. The van der Waals surface area contributed by atoms with Crippen LogP contribution in [0.25, 0.3) is 0 Å². The van der Waals surface area contributed by atoms with E-state index < -0.39 is 15.9 Å². The van der Waals surface area contributed by atoms with Gasteiger partial charge in [0.1, 0.15) is 11.6 Å². The van der Waals surface area contributed by atoms with Crippen molar-refractivity contribution in [3.05, 3.63) is 53.8 Å². The Hall–Kier alpha value is -2.45. The minimum absolute atomic E-state index is 0.123. The first kappa shape index (κ1) is 21.3. The molecule has 0 N–H and O–H groups in total. The van der Waals surface area contributed by atoms with Crippen molar-refractivity contribution in [2.45, 2.75) is 24.7 Å². The van der Waals surface area contributed by atoms with E-state index in [4.69, 9.17) is 4.74 Å². The molecule has 0 saturated carbocycles. The average Bonchev–Trinajstić information content (AvgIpc) is 2.73. The number of hydrogen-bond acceptors (Lipinski definition) is 4. The zero-order valence-electron chi connectivity index (χ0n) is 16.8. The Bertz CT molecular complexity index is 992. The first-order valence-electron chi connectivity index (χ1n) is 9.42. The molecule has 0 unspecified atom stereocenters. The highest BCUT2D eigenvalue weighted by molar-refractivity contribution is 7.89. The van der Waals surface area contributed by atoms with Gasteiger partial charge in [0.25, 0.3) is 0 Å². The molecule has 6 nitrogen and oxygen atoms in total. The number of benzene rings is 2. The summed E-state index contributed by atoms with van der Waals surface area (Å²) in [6.07, 6.45) is 1.21. The molecule has 29 heavy (non-hydrogen) atoms. The Labute approximate surface area is 170 Å². The van der Waals surface area contributed by atoms with E-state index in [1.165, 1.54) is 46.6 Å². The molecule has 1 fully saturated rings. The van der Waals surface area contributed by atoms with Gasteiger partial charge >= 0.3 is 0 Å². The normalized spacial score (nSPS) is 17.7. The van der Waals surface area contributed by atoms with Crippen LogP contribution in [0.1, 0.15) is 18.4 Å². The third kappa shape index (κ3) is 4.43. The highest BCUT2D eigenvalue weighted by Gasteiger charge is 2.34. The lowest BCUT2D eigenvalue weighted by Crippen LogP contribution is -2.46. The van der Waals surface area contributed by atoms with Crippen LogP contribution in [-0.4, -0.2) is 45.9 Å². The number of ether oxygens (including phenoxy) is 1. The van der Waals surface area contributed by atoms with Crippen LogP contribution in [0.15, 0.2) is 47.4 Å². The fourth-order valence-electron chi connectivity index (χ4n) is 3.59. The summed E-state index contributed by atoms with van der Waals surface area (Å²) in [6.45, 7) is 2.28. The van der Waals surface area contributed by atoms with E-state index >= 15 is 0 Å². The Balaban J connectivity index is 1.78. The smallest absolute Gasteiger partial charge is 0.243 e. The summed E-state index contributed by atoms with van der Waals surface area (Å²) in [5, 5.41) is 0. The van der Waals surface area contributed by atoms with Crippen LogP contribution in [0.4, 0.5) is 10.1 Å². The van der Waals surface area contributed by atoms with Gasteiger partial charge in [-0.3, -0.25) is 4.79 Å². The topological polar surface area (TPSA) is 66.9 Å². The van der Waals surface area contributed by atoms with E-state index in [0.29, 0.717) is 30.8 Å². The van der Waals surface area contributed by atoms with Gasteiger partial charge in [0.2, 0.25) is 15.9 Å². The fourth-order valence-corrected chi connectivity index (χ4v) is 5.20. The van der Waals surface area contributed by atoms with Crippen LogP contribution in [0.5, 0.6) is 5.75 Å². The molecular formula is C21H25FN2O4S. The maximum atomic E-state index is 13.1. The van der Waals surface area contributed by atoms with Crippen LogP contribution in [0, 0.1) is 18.7 Å². The van der Waals surface area contributed by atoms with Crippen LogP contribution in [0.3, 0.4) is 0 Å². The summed E-state index contributed by atoms with van der Waals surface area (Å²) >= 11 is 0. The molecule has 0 bridgehead atoms. The van der Waals surface area contributed by atoms with Crippen molar-refractivity contribution in [1.29, 1.82) is 0 Å². The van der Waals surface area contributed by atoms with Crippen LogP contribution >= 0.6 is 0 Å². The third-order valence-electron chi connectivity index (χ3n) is 5.28. The van der Waals surface area contributed by atoms with Gasteiger partial charge in [-0.25, -0.2) is 12.8 Å². The van der Waals surface area contributed by atoms with Gasteiger partial charge in [0, 0.05) is 25.8 Å². The molecule has 0 aliphatic carbocycles. The summed E-state index contributed by atoms with van der Waals surface area (Å²) in [6, 6.07) is 10.4. The highest BCUT2D eigenvalue weighted by atomic mass is 32.2. The maximum absolute atomic E-state index is 13.1. The van der Waals surface area contributed by atoms with E-state index in [9.17, 15) is 17.6 Å². The Morgan fingerprint density at radius 2 is 1.90 bits per heavy atom. The highest BCUT2D eigenvalue weighted by Crippen LogP contribution is 2.28. The summed E-state index contributed by atoms with van der Waals surface area (Å²) < 4.78 is 45.9. The molecule has 2 aromatic rings. The second-order valence-electron chi connectivity index (χ2n) is 7.21. The molecule has 0 aromatic heterocycles. The van der Waals surface area contributed by atoms with Crippen molar-refractivity contribution in [2.75, 3.05) is 32.1 Å². The van der Waals surface area contributed by atoms with E-state index in [0.717, 1.165) is 5.56 Å². The van der Waals surface area contributed by atoms with Crippen LogP contribution in [-0.2, 0) is 14.8 Å². The van der Waals surface area contributed by atoms with E-state index in [-0.39, 0.29) is 23.2 Å². The summed E-state index contributed by atoms with van der Waals surface area (Å²) in [5.41, 5.74) is 1.30. The molecule has 0 spiro atoms. The Kier molecular flexibility index (Phi) is 6.24. The zero-order chi connectivity index (χ0) is 21.2. The molecule has 2 aromatic carbocycles. The van der Waals surface area contributed by atoms with Gasteiger partial charge in [-0.15, -0.1) is 0 Å². The minimum atomic E-state index is -3.71. The van der Waals surface area contributed by atoms with Crippen molar-refractivity contribution < 1.29 is 22.3 Å². The number of carbonyl (C=O) groups excluding carboxylic acids is 1. The monoisotopic (exact) mass is 420 g/mol. The number of halogens is 1. The SMILES string of the molecule is COc1ccc(S(=O)(=O)N2CCC[C@H](C(=O)N(C)c3ccc(F)cc3)C2)cc1C. The first-order valence-corrected chi connectivity index (χ1v) is 10.9. The van der Waals surface area contributed by atoms with E-state index in [1.54, 1.807) is 26.1 Å². The van der Waals surface area contributed by atoms with Gasteiger partial charge in [0.15, 0.2) is 0 Å². The molecule has 3 rings (SSSR count). The van der Waals surface area contributed by atoms with Crippen molar-refractivity contribution in [2.24, 2.45) is 5.92 Å². The number of piperidine rings is 1. The maximum Gasteiger partial charge on any atom is 0.243 e. The zero-order valence-corrected chi connectivity index (χ0v) is 17.6. The molecule has 1 aliphatic heterocycles. The molecule has 1 atom stereocenters. The van der Waals surface area contributed by atoms with Crippen LogP contribution in [0.2, 0.25) is 0 Å². The molecule has 0 radical (unpaired) electrons. The van der Waals surface area contributed by atoms with E-state index in [1.807, 2.05) is 0 Å². The first-order chi connectivity index (χ1) is 13.7. The number of nitrogens with zero attached hydrogens (tertiary/aromatic N) is 2. The summed E-state index contributed by atoms with van der Waals surface area (Å²) in [4.78, 5) is 14.6. The predicted molar refractivity (Wildman–Crippen MR) is 109 cm³/mol. The molecule has 156 valence electrons. The second-order valence-corrected chi connectivity index (χ2v) is 9.15. The van der Waals surface area contributed by atoms with Gasteiger partial charge < -0.3 is 9.64 Å². The summed E-state index contributed by atoms with van der Waals surface area (Å²) in [7, 11) is -0.557. The van der Waals surface area contributed by atoms with Gasteiger partial charge in [-0.05, 0) is 67.8 Å². The quantitative estimate of drug-likeness (QED) is 0.745. The van der Waals surface area contributed by atoms with Gasteiger partial charge in [-0.1, -0.05) is 0 Å². The van der Waals surface area contributed by atoms with Crippen molar-refractivity contribution >= 4 is 21.6 Å². The van der Waals surface area contributed by atoms with Gasteiger partial charge in [0.05, 0.1) is 17.9 Å². The molecule has 1 aliphatic rings. The lowest BCUT2D eigenvalue weighted by Gasteiger charge is -2.33. The van der Waals surface area contributed by atoms with Crippen LogP contribution < -0.4 is 9.64 Å². The Morgan fingerprint density at radius 3 is 2.52 bits per heavy atom. The van der Waals surface area contributed by atoms with Crippen molar-refractivity contribution in [1.82, 2.24) is 4.31 Å². The van der Waals surface area contributed by atoms with E-state index in [2.05, 4.69) is 0 Å². The Morgan fingerprint density at radius 1 is 1.21 bits per heavy atom. The molecule has 1 amide bonds. The molecular weight excluding hydrogens is 395 g/mol. The number of methoxy groups -OCH3 is 1. The van der Waals surface area contributed by atoms with Crippen molar-refractivity contribution in [3.8, 4) is 5.75 Å². The standard InChI is InChI=1S/C21H25FN2O4S/c1-15-13-19(10-11-20(15)28-3)29(26,27)24-12-4-5-16(14-24)21(25)23(2)18-8-6-17(22)7-9-18/h6-11,13,16H,4-5,12,14H2,1-3H3/t16-/m0/s1. The third-order valence-corrected chi connectivity index (χ3v) is 7.14. The van der Waals surface area contributed by atoms with Crippen molar-refractivity contribution in [3.63, 3.8) is 0 Å². The number of anilines is 1.